The summed E-state index contributed by atoms with van der Waals surface area (Å²) in [7, 11) is 1.78. The average molecular weight is 381 g/mol. The standard InChI is InChI=1S/C20H23N5O3/c1-23-18(8-9-21-23)20(27)17-12-15-13-24(10-5-11-25(15)22-17)19(26)14-28-16-6-3-2-4-7-16/h2-4,6-9,12,20,27H,5,10-11,13-14H2,1H3/t20-/m0/s1. The fraction of sp³-hybridized carbons (Fsp3) is 0.350. The number of nitrogens with zero attached hydrogens (tertiary/aromatic N) is 5. The highest BCUT2D eigenvalue weighted by Crippen LogP contribution is 2.23. The maximum atomic E-state index is 12.6. The number of rotatable bonds is 5. The van der Waals surface area contributed by atoms with E-state index in [-0.39, 0.29) is 12.5 Å². The third-order valence-electron chi connectivity index (χ3n) is 4.91. The molecule has 3 aromatic rings. The van der Waals surface area contributed by atoms with E-state index >= 15 is 0 Å². The zero-order chi connectivity index (χ0) is 19.5. The number of aryl methyl sites for hydroxylation is 2. The van der Waals surface area contributed by atoms with Crippen molar-refractivity contribution in [2.45, 2.75) is 25.6 Å². The molecule has 0 bridgehead atoms. The minimum Gasteiger partial charge on any atom is -0.484 e. The lowest BCUT2D eigenvalue weighted by Gasteiger charge is -2.20. The number of hydrogen-bond acceptors (Lipinski definition) is 5. The van der Waals surface area contributed by atoms with Crippen molar-refractivity contribution in [2.75, 3.05) is 13.2 Å². The van der Waals surface area contributed by atoms with E-state index in [0.717, 1.165) is 12.1 Å². The predicted molar refractivity (Wildman–Crippen MR) is 101 cm³/mol. The highest BCUT2D eigenvalue weighted by Gasteiger charge is 2.24. The summed E-state index contributed by atoms with van der Waals surface area (Å²) in [4.78, 5) is 14.4. The van der Waals surface area contributed by atoms with E-state index in [2.05, 4.69) is 10.2 Å². The first-order chi connectivity index (χ1) is 13.6. The summed E-state index contributed by atoms with van der Waals surface area (Å²) in [6.45, 7) is 1.81. The van der Waals surface area contributed by atoms with Crippen molar-refractivity contribution in [3.05, 3.63) is 65.7 Å². The smallest absolute Gasteiger partial charge is 0.260 e. The second kappa shape index (κ2) is 7.85. The number of aliphatic hydroxyl groups excluding tert-OH is 1. The molecule has 28 heavy (non-hydrogen) atoms. The Labute approximate surface area is 163 Å². The molecule has 1 aliphatic heterocycles. The van der Waals surface area contributed by atoms with Crippen LogP contribution in [0.15, 0.2) is 48.7 Å². The lowest BCUT2D eigenvalue weighted by Crippen LogP contribution is -2.34. The third kappa shape index (κ3) is 3.77. The van der Waals surface area contributed by atoms with E-state index in [4.69, 9.17) is 4.74 Å². The highest BCUT2D eigenvalue weighted by atomic mass is 16.5. The second-order valence-corrected chi connectivity index (χ2v) is 6.84. The molecule has 0 saturated carbocycles. The van der Waals surface area contributed by atoms with Crippen LogP contribution in [0.3, 0.4) is 0 Å². The lowest BCUT2D eigenvalue weighted by atomic mass is 10.2. The summed E-state index contributed by atoms with van der Waals surface area (Å²) in [5.41, 5.74) is 2.15. The highest BCUT2D eigenvalue weighted by molar-refractivity contribution is 5.77. The Hall–Kier alpha value is -3.13. The molecule has 2 aromatic heterocycles. The van der Waals surface area contributed by atoms with Gasteiger partial charge in [-0.1, -0.05) is 18.2 Å². The summed E-state index contributed by atoms with van der Waals surface area (Å²) in [5, 5.41) is 19.3. The number of carbonyl (C=O) groups is 1. The van der Waals surface area contributed by atoms with Gasteiger partial charge in [-0.05, 0) is 30.7 Å². The van der Waals surface area contributed by atoms with Crippen LogP contribution in [0.2, 0.25) is 0 Å². The van der Waals surface area contributed by atoms with E-state index in [1.165, 1.54) is 0 Å². The number of para-hydroxylation sites is 1. The van der Waals surface area contributed by atoms with Gasteiger partial charge in [-0.15, -0.1) is 0 Å². The topological polar surface area (TPSA) is 85.4 Å². The van der Waals surface area contributed by atoms with Gasteiger partial charge in [0.25, 0.3) is 5.91 Å². The van der Waals surface area contributed by atoms with Crippen molar-refractivity contribution >= 4 is 5.91 Å². The van der Waals surface area contributed by atoms with Gasteiger partial charge in [-0.3, -0.25) is 14.2 Å². The number of fused-ring (bicyclic) bond motifs is 1. The molecule has 0 fully saturated rings. The Bertz CT molecular complexity index is 950. The SMILES string of the molecule is Cn1nccc1[C@@H](O)c1cc2n(n1)CCCN(C(=O)COc1ccccc1)C2. The van der Waals surface area contributed by atoms with E-state index in [1.54, 1.807) is 28.9 Å². The summed E-state index contributed by atoms with van der Waals surface area (Å²) >= 11 is 0. The van der Waals surface area contributed by atoms with E-state index in [0.29, 0.717) is 36.8 Å². The summed E-state index contributed by atoms with van der Waals surface area (Å²) < 4.78 is 9.10. The Morgan fingerprint density at radius 1 is 1.25 bits per heavy atom. The van der Waals surface area contributed by atoms with Crippen LogP contribution >= 0.6 is 0 Å². The molecule has 0 saturated heterocycles. The molecule has 1 amide bonds. The molecular weight excluding hydrogens is 358 g/mol. The van der Waals surface area contributed by atoms with Gasteiger partial charge in [0.15, 0.2) is 6.61 Å². The number of benzene rings is 1. The van der Waals surface area contributed by atoms with Crippen LogP contribution in [0, 0.1) is 0 Å². The normalized spacial score (nSPS) is 15.0. The number of carbonyl (C=O) groups excluding carboxylic acids is 1. The van der Waals surface area contributed by atoms with Crippen LogP contribution in [-0.4, -0.2) is 48.6 Å². The first kappa shape index (κ1) is 18.2. The maximum absolute atomic E-state index is 12.6. The minimum atomic E-state index is -0.850. The molecule has 0 spiro atoms. The molecular formula is C20H23N5O3. The van der Waals surface area contributed by atoms with Gasteiger partial charge >= 0.3 is 0 Å². The van der Waals surface area contributed by atoms with Gasteiger partial charge in [-0.25, -0.2) is 0 Å². The van der Waals surface area contributed by atoms with Gasteiger partial charge in [0, 0.05) is 26.3 Å². The second-order valence-electron chi connectivity index (χ2n) is 6.84. The quantitative estimate of drug-likeness (QED) is 0.724. The fourth-order valence-electron chi connectivity index (χ4n) is 3.39. The van der Waals surface area contributed by atoms with E-state index in [1.807, 2.05) is 41.1 Å². The molecule has 8 heteroatoms. The number of hydrogen-bond donors (Lipinski definition) is 1. The van der Waals surface area contributed by atoms with Crippen LogP contribution in [-0.2, 0) is 24.9 Å². The minimum absolute atomic E-state index is 0.00263. The predicted octanol–water partition coefficient (Wildman–Crippen LogP) is 1.51. The first-order valence-corrected chi connectivity index (χ1v) is 9.30. The Kier molecular flexibility index (Phi) is 5.12. The molecule has 3 heterocycles. The molecule has 1 N–H and O–H groups in total. The van der Waals surface area contributed by atoms with Crippen molar-refractivity contribution in [2.24, 2.45) is 7.05 Å². The van der Waals surface area contributed by atoms with Crippen LogP contribution in [0.5, 0.6) is 5.75 Å². The molecule has 8 nitrogen and oxygen atoms in total. The van der Waals surface area contributed by atoms with E-state index < -0.39 is 6.10 Å². The number of ether oxygens (including phenoxy) is 1. The van der Waals surface area contributed by atoms with Gasteiger partial charge in [0.2, 0.25) is 0 Å². The van der Waals surface area contributed by atoms with Crippen molar-refractivity contribution in [1.29, 1.82) is 0 Å². The molecule has 0 aliphatic carbocycles. The number of amides is 1. The summed E-state index contributed by atoms with van der Waals surface area (Å²) in [6.07, 6.45) is 1.59. The summed E-state index contributed by atoms with van der Waals surface area (Å²) in [5.74, 6) is 0.615. The molecule has 146 valence electrons. The lowest BCUT2D eigenvalue weighted by molar-refractivity contribution is -0.134. The maximum Gasteiger partial charge on any atom is 0.260 e. The van der Waals surface area contributed by atoms with Crippen LogP contribution in [0.25, 0.3) is 0 Å². The largest absolute Gasteiger partial charge is 0.484 e. The fourth-order valence-corrected chi connectivity index (χ4v) is 3.39. The number of aromatic nitrogens is 4. The van der Waals surface area contributed by atoms with Crippen molar-refractivity contribution < 1.29 is 14.6 Å². The van der Waals surface area contributed by atoms with Crippen LogP contribution in [0.1, 0.15) is 29.6 Å². The first-order valence-electron chi connectivity index (χ1n) is 9.30. The Morgan fingerprint density at radius 3 is 2.82 bits per heavy atom. The molecule has 0 radical (unpaired) electrons. The Balaban J connectivity index is 1.45. The van der Waals surface area contributed by atoms with Crippen molar-refractivity contribution in [3.63, 3.8) is 0 Å². The van der Waals surface area contributed by atoms with Gasteiger partial charge in [0.05, 0.1) is 23.6 Å². The molecule has 0 unspecified atom stereocenters. The zero-order valence-corrected chi connectivity index (χ0v) is 15.7. The third-order valence-corrected chi connectivity index (χ3v) is 4.91. The monoisotopic (exact) mass is 381 g/mol. The number of aliphatic hydroxyl groups is 1. The zero-order valence-electron chi connectivity index (χ0n) is 15.7. The van der Waals surface area contributed by atoms with Crippen LogP contribution in [0.4, 0.5) is 0 Å². The summed E-state index contributed by atoms with van der Waals surface area (Å²) in [6, 6.07) is 12.9. The Morgan fingerprint density at radius 2 is 2.07 bits per heavy atom. The average Bonchev–Trinajstić information content (AvgIpc) is 3.26. The molecule has 1 aliphatic rings. The van der Waals surface area contributed by atoms with Crippen molar-refractivity contribution in [1.82, 2.24) is 24.5 Å². The molecule has 1 atom stereocenters. The molecule has 4 rings (SSSR count). The van der Waals surface area contributed by atoms with Crippen LogP contribution < -0.4 is 4.74 Å². The van der Waals surface area contributed by atoms with Gasteiger partial charge < -0.3 is 14.7 Å². The van der Waals surface area contributed by atoms with Gasteiger partial charge in [0.1, 0.15) is 11.9 Å². The van der Waals surface area contributed by atoms with Crippen molar-refractivity contribution in [3.8, 4) is 5.75 Å². The molecule has 1 aromatic carbocycles. The van der Waals surface area contributed by atoms with Gasteiger partial charge in [-0.2, -0.15) is 10.2 Å². The van der Waals surface area contributed by atoms with E-state index in [9.17, 15) is 9.90 Å².